The Labute approximate surface area is 134 Å². The molecule has 0 aromatic heterocycles. The second-order valence-electron chi connectivity index (χ2n) is 4.77. The number of methoxy groups -OCH3 is 3. The number of carbonyl (C=O) groups is 1. The third-order valence-electron chi connectivity index (χ3n) is 3.38. The van der Waals surface area contributed by atoms with Gasteiger partial charge in [0.2, 0.25) is 5.75 Å². The lowest BCUT2D eigenvalue weighted by molar-refractivity contribution is 0.102. The van der Waals surface area contributed by atoms with Crippen molar-refractivity contribution in [2.24, 2.45) is 0 Å². The molecule has 6 heteroatoms. The van der Waals surface area contributed by atoms with Crippen molar-refractivity contribution in [3.63, 3.8) is 0 Å². The van der Waals surface area contributed by atoms with E-state index >= 15 is 0 Å². The Balaban J connectivity index is 2.47. The Bertz CT molecular complexity index is 731. The zero-order chi connectivity index (χ0) is 17.0. The van der Waals surface area contributed by atoms with Crippen LogP contribution in [0.4, 0.5) is 10.1 Å². The van der Waals surface area contributed by atoms with Gasteiger partial charge in [-0.05, 0) is 30.7 Å². The van der Waals surface area contributed by atoms with Gasteiger partial charge >= 0.3 is 0 Å². The van der Waals surface area contributed by atoms with Gasteiger partial charge in [-0.25, -0.2) is 4.39 Å². The molecule has 0 spiro atoms. The summed E-state index contributed by atoms with van der Waals surface area (Å²) in [7, 11) is 4.43. The minimum absolute atomic E-state index is 0.0521. The Morgan fingerprint density at radius 1 is 1.04 bits per heavy atom. The van der Waals surface area contributed by atoms with Crippen molar-refractivity contribution in [1.29, 1.82) is 0 Å². The molecule has 0 saturated heterocycles. The number of anilines is 1. The van der Waals surface area contributed by atoms with Crippen LogP contribution in [0.5, 0.6) is 17.2 Å². The fraction of sp³-hybridized carbons (Fsp3) is 0.235. The number of benzene rings is 2. The van der Waals surface area contributed by atoms with Gasteiger partial charge in [0.15, 0.2) is 11.5 Å². The third-order valence-corrected chi connectivity index (χ3v) is 3.38. The monoisotopic (exact) mass is 319 g/mol. The van der Waals surface area contributed by atoms with Crippen LogP contribution in [0.1, 0.15) is 15.9 Å². The summed E-state index contributed by atoms with van der Waals surface area (Å²) < 4.78 is 29.6. The molecule has 2 aromatic carbocycles. The Kier molecular flexibility index (Phi) is 5.05. The molecule has 2 aromatic rings. The average molecular weight is 319 g/mol. The molecule has 0 fully saturated rings. The summed E-state index contributed by atoms with van der Waals surface area (Å²) in [6.07, 6.45) is 0. The van der Waals surface area contributed by atoms with E-state index in [1.165, 1.54) is 39.5 Å². The fourth-order valence-corrected chi connectivity index (χ4v) is 2.26. The van der Waals surface area contributed by atoms with Crippen LogP contribution in [-0.2, 0) is 0 Å². The highest BCUT2D eigenvalue weighted by Gasteiger charge is 2.21. The summed E-state index contributed by atoms with van der Waals surface area (Å²) in [5.41, 5.74) is 1.05. The quantitative estimate of drug-likeness (QED) is 0.917. The van der Waals surface area contributed by atoms with Gasteiger partial charge in [0.05, 0.1) is 32.6 Å². The molecule has 1 N–H and O–H groups in total. The smallest absolute Gasteiger partial charge is 0.258 e. The molecule has 122 valence electrons. The number of nitrogens with one attached hydrogen (secondary N) is 1. The summed E-state index contributed by atoms with van der Waals surface area (Å²) in [5.74, 6) is -0.0250. The molecule has 0 atom stereocenters. The molecule has 23 heavy (non-hydrogen) atoms. The first-order chi connectivity index (χ1) is 11.0. The fourth-order valence-electron chi connectivity index (χ4n) is 2.26. The minimum atomic E-state index is -0.595. The zero-order valence-electron chi connectivity index (χ0n) is 13.4. The second-order valence-corrected chi connectivity index (χ2v) is 4.77. The molecule has 0 aliphatic carbocycles. The average Bonchev–Trinajstić information content (AvgIpc) is 2.56. The Morgan fingerprint density at radius 3 is 2.26 bits per heavy atom. The third kappa shape index (κ3) is 3.21. The molecule has 0 saturated carbocycles. The van der Waals surface area contributed by atoms with Crippen molar-refractivity contribution in [3.05, 3.63) is 47.3 Å². The van der Waals surface area contributed by atoms with Crippen LogP contribution in [-0.4, -0.2) is 27.2 Å². The highest BCUT2D eigenvalue weighted by Crippen LogP contribution is 2.45. The van der Waals surface area contributed by atoms with Crippen LogP contribution >= 0.6 is 0 Å². The van der Waals surface area contributed by atoms with Crippen molar-refractivity contribution in [2.45, 2.75) is 6.92 Å². The Hall–Kier alpha value is -2.76. The van der Waals surface area contributed by atoms with E-state index in [1.807, 2.05) is 0 Å². The van der Waals surface area contributed by atoms with E-state index < -0.39 is 11.7 Å². The van der Waals surface area contributed by atoms with Crippen molar-refractivity contribution in [3.8, 4) is 17.2 Å². The number of rotatable bonds is 5. The van der Waals surface area contributed by atoms with Gasteiger partial charge in [0, 0.05) is 0 Å². The molecule has 5 nitrogen and oxygen atoms in total. The zero-order valence-corrected chi connectivity index (χ0v) is 13.4. The normalized spacial score (nSPS) is 10.1. The predicted molar refractivity (Wildman–Crippen MR) is 85.2 cm³/mol. The topological polar surface area (TPSA) is 56.8 Å². The number of halogens is 1. The Morgan fingerprint density at radius 2 is 1.70 bits per heavy atom. The van der Waals surface area contributed by atoms with Gasteiger partial charge in [-0.15, -0.1) is 0 Å². The first-order valence-electron chi connectivity index (χ1n) is 6.88. The van der Waals surface area contributed by atoms with Gasteiger partial charge in [0.1, 0.15) is 5.82 Å². The van der Waals surface area contributed by atoms with Gasteiger partial charge in [-0.2, -0.15) is 0 Å². The number of hydrogen-bond donors (Lipinski definition) is 1. The summed E-state index contributed by atoms with van der Waals surface area (Å²) in [4.78, 5) is 12.3. The molecule has 0 bridgehead atoms. The van der Waals surface area contributed by atoms with Gasteiger partial charge < -0.3 is 19.5 Å². The lowest BCUT2D eigenvalue weighted by atomic mass is 10.1. The SMILES string of the molecule is COc1cc(C)c(NC(=O)c2ccccc2F)c(OC)c1OC. The summed E-state index contributed by atoms with van der Waals surface area (Å²) in [6.45, 7) is 1.78. The lowest BCUT2D eigenvalue weighted by Gasteiger charge is -2.18. The molecule has 0 heterocycles. The minimum Gasteiger partial charge on any atom is -0.493 e. The standard InChI is InChI=1S/C17H18FNO4/c1-10-9-13(21-2)15(22-3)16(23-4)14(10)19-17(20)11-7-5-6-8-12(11)18/h5-9H,1-4H3,(H,19,20). The maximum absolute atomic E-state index is 13.8. The van der Waals surface area contributed by atoms with Crippen molar-refractivity contribution >= 4 is 11.6 Å². The molecule has 0 unspecified atom stereocenters. The first kappa shape index (κ1) is 16.6. The molecular formula is C17H18FNO4. The molecular weight excluding hydrogens is 301 g/mol. The van der Waals surface area contributed by atoms with E-state index in [1.54, 1.807) is 19.1 Å². The van der Waals surface area contributed by atoms with Gasteiger partial charge in [0.25, 0.3) is 5.91 Å². The number of carbonyl (C=O) groups excluding carboxylic acids is 1. The largest absolute Gasteiger partial charge is 0.493 e. The van der Waals surface area contributed by atoms with Crippen LogP contribution in [0.15, 0.2) is 30.3 Å². The predicted octanol–water partition coefficient (Wildman–Crippen LogP) is 3.41. The number of aryl methyl sites for hydroxylation is 1. The highest BCUT2D eigenvalue weighted by atomic mass is 19.1. The highest BCUT2D eigenvalue weighted by molar-refractivity contribution is 6.06. The first-order valence-corrected chi connectivity index (χ1v) is 6.88. The van der Waals surface area contributed by atoms with E-state index in [4.69, 9.17) is 14.2 Å². The molecule has 2 rings (SSSR count). The van der Waals surface area contributed by atoms with Crippen molar-refractivity contribution < 1.29 is 23.4 Å². The summed E-state index contributed by atoms with van der Waals surface area (Å²) >= 11 is 0. The van der Waals surface area contributed by atoms with E-state index in [9.17, 15) is 9.18 Å². The van der Waals surface area contributed by atoms with Crippen molar-refractivity contribution in [2.75, 3.05) is 26.6 Å². The van der Waals surface area contributed by atoms with E-state index in [-0.39, 0.29) is 5.56 Å². The van der Waals surface area contributed by atoms with E-state index in [2.05, 4.69) is 5.32 Å². The molecule has 1 amide bonds. The van der Waals surface area contributed by atoms with Gasteiger partial charge in [-0.3, -0.25) is 4.79 Å². The van der Waals surface area contributed by atoms with Crippen LogP contribution in [0, 0.1) is 12.7 Å². The summed E-state index contributed by atoms with van der Waals surface area (Å²) in [5, 5.41) is 2.67. The number of ether oxygens (including phenoxy) is 3. The molecule has 0 aliphatic rings. The molecule has 0 aliphatic heterocycles. The van der Waals surface area contributed by atoms with Crippen LogP contribution in [0.25, 0.3) is 0 Å². The number of hydrogen-bond acceptors (Lipinski definition) is 4. The van der Waals surface area contributed by atoms with E-state index in [0.717, 1.165) is 0 Å². The van der Waals surface area contributed by atoms with Gasteiger partial charge in [-0.1, -0.05) is 12.1 Å². The van der Waals surface area contributed by atoms with Crippen LogP contribution in [0.3, 0.4) is 0 Å². The maximum atomic E-state index is 13.8. The maximum Gasteiger partial charge on any atom is 0.258 e. The second kappa shape index (κ2) is 7.00. The molecule has 0 radical (unpaired) electrons. The lowest BCUT2D eigenvalue weighted by Crippen LogP contribution is -2.15. The van der Waals surface area contributed by atoms with Crippen LogP contribution < -0.4 is 19.5 Å². The van der Waals surface area contributed by atoms with E-state index in [0.29, 0.717) is 28.5 Å². The van der Waals surface area contributed by atoms with Crippen LogP contribution in [0.2, 0.25) is 0 Å². The summed E-state index contributed by atoms with van der Waals surface area (Å²) in [6, 6.07) is 7.46. The van der Waals surface area contributed by atoms with Crippen molar-refractivity contribution in [1.82, 2.24) is 0 Å². The number of amides is 1.